The third-order valence-corrected chi connectivity index (χ3v) is 7.40. The number of likely N-dealkylation sites (tertiary alicyclic amines) is 1. The summed E-state index contributed by atoms with van der Waals surface area (Å²) in [6, 6.07) is 8.43. The van der Waals surface area contributed by atoms with E-state index in [0.29, 0.717) is 18.4 Å². The summed E-state index contributed by atoms with van der Waals surface area (Å²) in [6.45, 7) is 6.03. The Kier molecular flexibility index (Phi) is 5.55. The Balaban J connectivity index is 1.19. The molecule has 0 saturated carbocycles. The summed E-state index contributed by atoms with van der Waals surface area (Å²) in [6.07, 6.45) is 7.26. The van der Waals surface area contributed by atoms with Crippen LogP contribution in [0, 0.1) is 0 Å². The Labute approximate surface area is 177 Å². The smallest absolute Gasteiger partial charge is 0.226 e. The fraction of sp³-hybridized carbons (Fsp3) is 0.522. The van der Waals surface area contributed by atoms with Crippen molar-refractivity contribution in [1.82, 2.24) is 14.7 Å². The van der Waals surface area contributed by atoms with Gasteiger partial charge in [0.2, 0.25) is 5.91 Å². The lowest BCUT2D eigenvalue weighted by atomic mass is 10.0. The number of carbonyl (C=O) groups excluding carboxylic acids is 1. The highest BCUT2D eigenvalue weighted by atomic mass is 32.2. The van der Waals surface area contributed by atoms with Crippen molar-refractivity contribution in [3.05, 3.63) is 52.0 Å². The van der Waals surface area contributed by atoms with Crippen molar-refractivity contribution < 1.29 is 9.53 Å². The first-order valence-electron chi connectivity index (χ1n) is 10.8. The van der Waals surface area contributed by atoms with Gasteiger partial charge in [0.25, 0.3) is 0 Å². The van der Waals surface area contributed by atoms with E-state index in [1.807, 2.05) is 4.90 Å². The number of ether oxygens (including phenoxy) is 1. The van der Waals surface area contributed by atoms with Crippen LogP contribution >= 0.6 is 11.8 Å². The van der Waals surface area contributed by atoms with Gasteiger partial charge in [0.15, 0.2) is 0 Å². The molecule has 0 spiro atoms. The predicted molar refractivity (Wildman–Crippen MR) is 117 cm³/mol. The molecule has 5 rings (SSSR count). The first-order valence-corrected chi connectivity index (χ1v) is 11.7. The minimum Gasteiger partial charge on any atom is -0.489 e. The van der Waals surface area contributed by atoms with Gasteiger partial charge in [-0.2, -0.15) is 0 Å². The molecule has 5 nitrogen and oxygen atoms in total. The second kappa shape index (κ2) is 8.44. The van der Waals surface area contributed by atoms with E-state index in [-0.39, 0.29) is 0 Å². The quantitative estimate of drug-likeness (QED) is 0.759. The Hall–Kier alpha value is -1.92. The average Bonchev–Trinajstić information content (AvgIpc) is 3.20. The molecular formula is C23H29N3O2S. The standard InChI is InChI=1S/C23H29N3O2S/c27-22-8-3-11-26(22)20-6-4-16-29-23(20)25-14-12-24(13-15-25)17-19-10-9-18-5-1-2-7-21(18)28-19/h1-2,4-5,7,16,19H,3,6,8-15,17H2/t19-/m1/s1. The van der Waals surface area contributed by atoms with Crippen LogP contribution < -0.4 is 4.74 Å². The molecule has 1 amide bonds. The van der Waals surface area contributed by atoms with Gasteiger partial charge in [0.1, 0.15) is 11.9 Å². The van der Waals surface area contributed by atoms with E-state index in [0.717, 1.165) is 70.7 Å². The maximum atomic E-state index is 12.3. The van der Waals surface area contributed by atoms with E-state index >= 15 is 0 Å². The van der Waals surface area contributed by atoms with Crippen LogP contribution in [0.1, 0.15) is 31.2 Å². The molecule has 4 aliphatic heterocycles. The van der Waals surface area contributed by atoms with Crippen molar-refractivity contribution >= 4 is 17.7 Å². The number of amides is 1. The maximum absolute atomic E-state index is 12.3. The average molecular weight is 412 g/mol. The summed E-state index contributed by atoms with van der Waals surface area (Å²) in [4.78, 5) is 19.3. The topological polar surface area (TPSA) is 36.0 Å². The number of allylic oxidation sites excluding steroid dienone is 1. The minimum absolute atomic E-state index is 0.292. The summed E-state index contributed by atoms with van der Waals surface area (Å²) in [7, 11) is 0. The van der Waals surface area contributed by atoms with Crippen LogP contribution in [0.5, 0.6) is 5.75 Å². The van der Waals surface area contributed by atoms with Gasteiger partial charge in [-0.15, -0.1) is 0 Å². The van der Waals surface area contributed by atoms with Crippen molar-refractivity contribution in [2.24, 2.45) is 0 Å². The molecule has 0 bridgehead atoms. The van der Waals surface area contributed by atoms with Crippen LogP contribution in [0.4, 0.5) is 0 Å². The Bertz CT molecular complexity index is 829. The van der Waals surface area contributed by atoms with Crippen molar-refractivity contribution in [1.29, 1.82) is 0 Å². The molecule has 0 aliphatic carbocycles. The fourth-order valence-electron chi connectivity index (χ4n) is 4.77. The Morgan fingerprint density at radius 2 is 1.93 bits per heavy atom. The third kappa shape index (κ3) is 4.05. The molecule has 0 unspecified atom stereocenters. The van der Waals surface area contributed by atoms with Gasteiger partial charge < -0.3 is 14.5 Å². The van der Waals surface area contributed by atoms with Crippen molar-refractivity contribution in [3.8, 4) is 5.75 Å². The zero-order chi connectivity index (χ0) is 19.6. The lowest BCUT2D eigenvalue weighted by Gasteiger charge is -2.40. The Morgan fingerprint density at radius 1 is 1.07 bits per heavy atom. The highest BCUT2D eigenvalue weighted by Crippen LogP contribution is 2.35. The molecule has 154 valence electrons. The lowest BCUT2D eigenvalue weighted by Crippen LogP contribution is -2.49. The van der Waals surface area contributed by atoms with Crippen molar-refractivity contribution in [2.45, 2.75) is 38.2 Å². The van der Waals surface area contributed by atoms with Crippen LogP contribution in [0.2, 0.25) is 0 Å². The van der Waals surface area contributed by atoms with Crippen molar-refractivity contribution in [2.75, 3.05) is 39.3 Å². The van der Waals surface area contributed by atoms with Gasteiger partial charge in [0.05, 0.1) is 10.7 Å². The zero-order valence-corrected chi connectivity index (χ0v) is 17.7. The number of hydrogen-bond donors (Lipinski definition) is 0. The highest BCUT2D eigenvalue weighted by Gasteiger charge is 2.30. The van der Waals surface area contributed by atoms with E-state index in [1.165, 1.54) is 16.3 Å². The number of carbonyl (C=O) groups is 1. The molecule has 1 aromatic rings. The number of piperazine rings is 1. The van der Waals surface area contributed by atoms with Crippen LogP contribution in [0.3, 0.4) is 0 Å². The molecule has 2 fully saturated rings. The van der Waals surface area contributed by atoms with Gasteiger partial charge in [-0.05, 0) is 36.3 Å². The predicted octanol–water partition coefficient (Wildman–Crippen LogP) is 3.44. The molecule has 4 heterocycles. The van der Waals surface area contributed by atoms with Gasteiger partial charge in [-0.1, -0.05) is 36.0 Å². The molecule has 4 aliphatic rings. The number of fused-ring (bicyclic) bond motifs is 1. The number of benzene rings is 1. The first kappa shape index (κ1) is 19.1. The third-order valence-electron chi connectivity index (χ3n) is 6.36. The molecule has 29 heavy (non-hydrogen) atoms. The Morgan fingerprint density at radius 3 is 2.76 bits per heavy atom. The highest BCUT2D eigenvalue weighted by molar-refractivity contribution is 8.05. The molecule has 0 N–H and O–H groups in total. The van der Waals surface area contributed by atoms with Gasteiger partial charge >= 0.3 is 0 Å². The van der Waals surface area contributed by atoms with Crippen LogP contribution in [0.15, 0.2) is 46.5 Å². The number of nitrogens with zero attached hydrogens (tertiary/aromatic N) is 3. The lowest BCUT2D eigenvalue weighted by molar-refractivity contribution is -0.126. The van der Waals surface area contributed by atoms with Crippen LogP contribution in [-0.4, -0.2) is 66.0 Å². The molecular weight excluding hydrogens is 382 g/mol. The summed E-state index contributed by atoms with van der Waals surface area (Å²) >= 11 is 1.78. The largest absolute Gasteiger partial charge is 0.489 e. The molecule has 1 aromatic carbocycles. The minimum atomic E-state index is 0.292. The summed E-state index contributed by atoms with van der Waals surface area (Å²) in [5, 5.41) is 3.48. The number of para-hydroxylation sites is 1. The fourth-order valence-corrected chi connectivity index (χ4v) is 5.76. The first-order chi connectivity index (χ1) is 14.3. The van der Waals surface area contributed by atoms with E-state index in [1.54, 1.807) is 11.8 Å². The van der Waals surface area contributed by atoms with E-state index < -0.39 is 0 Å². The van der Waals surface area contributed by atoms with Gasteiger partial charge in [-0.25, -0.2) is 0 Å². The second-order valence-electron chi connectivity index (χ2n) is 8.27. The maximum Gasteiger partial charge on any atom is 0.226 e. The van der Waals surface area contributed by atoms with E-state index in [4.69, 9.17) is 4.74 Å². The summed E-state index contributed by atoms with van der Waals surface area (Å²) in [5.74, 6) is 1.36. The molecule has 0 aromatic heterocycles. The number of rotatable bonds is 4. The number of aryl methyl sites for hydroxylation is 1. The number of hydrogen-bond acceptors (Lipinski definition) is 5. The SMILES string of the molecule is O=C1CCCN1C1=C(N2CCN(C[C@H]3CCc4ccccc4O3)CC2)SC=CC1. The van der Waals surface area contributed by atoms with E-state index in [2.05, 4.69) is 45.5 Å². The van der Waals surface area contributed by atoms with Gasteiger partial charge in [0, 0.05) is 52.1 Å². The summed E-state index contributed by atoms with van der Waals surface area (Å²) in [5.41, 5.74) is 2.56. The monoisotopic (exact) mass is 411 g/mol. The van der Waals surface area contributed by atoms with Gasteiger partial charge in [-0.3, -0.25) is 9.69 Å². The molecule has 6 heteroatoms. The van der Waals surface area contributed by atoms with Crippen LogP contribution in [-0.2, 0) is 11.2 Å². The van der Waals surface area contributed by atoms with Crippen LogP contribution in [0.25, 0.3) is 0 Å². The molecule has 0 radical (unpaired) electrons. The normalized spacial score (nSPS) is 25.4. The number of thioether (sulfide) groups is 1. The summed E-state index contributed by atoms with van der Waals surface area (Å²) < 4.78 is 6.25. The van der Waals surface area contributed by atoms with Crippen molar-refractivity contribution in [3.63, 3.8) is 0 Å². The molecule has 1 atom stereocenters. The zero-order valence-electron chi connectivity index (χ0n) is 16.9. The molecule has 2 saturated heterocycles. The van der Waals surface area contributed by atoms with E-state index in [9.17, 15) is 4.79 Å². The second-order valence-corrected chi connectivity index (χ2v) is 9.16.